The molecular weight excluding hydrogens is 587 g/mol. The van der Waals surface area contributed by atoms with E-state index in [1.54, 1.807) is 9.36 Å². The van der Waals surface area contributed by atoms with Gasteiger partial charge in [0.2, 0.25) is 0 Å². The van der Waals surface area contributed by atoms with Gasteiger partial charge in [-0.05, 0) is 50.7 Å². The molecule has 2 aliphatic rings. The van der Waals surface area contributed by atoms with E-state index in [2.05, 4.69) is 10.2 Å². The van der Waals surface area contributed by atoms with Gasteiger partial charge in [-0.1, -0.05) is 30.6 Å². The van der Waals surface area contributed by atoms with Gasteiger partial charge in [0.15, 0.2) is 35.7 Å². The first kappa shape index (κ1) is 34.3. The first-order valence-electron chi connectivity index (χ1n) is 11.6. The monoisotopic (exact) mass is 614 g/mol. The molecule has 0 radical (unpaired) electrons. The fourth-order valence-corrected chi connectivity index (χ4v) is 4.88. The molecule has 2 N–H and O–H groups in total. The fraction of sp³-hybridized carbons (Fsp3) is 0.440. The molecule has 14 heteroatoms. The molecule has 2 saturated heterocycles. The molecule has 2 atom stereocenters. The van der Waals surface area contributed by atoms with Gasteiger partial charge in [0.25, 0.3) is 0 Å². The molecule has 2 unspecified atom stereocenters. The maximum absolute atomic E-state index is 13.7. The third kappa shape index (κ3) is 6.94. The van der Waals surface area contributed by atoms with Crippen molar-refractivity contribution in [3.63, 3.8) is 0 Å². The SMILES string of the molecule is C.Fc1c(Cl)cc2c(cnn2C2CCCCO2)c1F.Oc1c(F)c(Cl)cc2c1cnn2C1CCCCO1.[K+].[OH-]. The van der Waals surface area contributed by atoms with Gasteiger partial charge in [0.1, 0.15) is 0 Å². The van der Waals surface area contributed by atoms with Crippen LogP contribution in [0.4, 0.5) is 13.2 Å². The number of aromatic nitrogens is 4. The number of phenolic OH excluding ortho intramolecular Hbond substituents is 1. The van der Waals surface area contributed by atoms with Crippen molar-refractivity contribution in [3.05, 3.63) is 52.0 Å². The first-order chi connectivity index (χ1) is 17.4. The van der Waals surface area contributed by atoms with E-state index in [4.69, 9.17) is 32.7 Å². The number of ether oxygens (including phenoxy) is 2. The molecule has 0 aliphatic carbocycles. The van der Waals surface area contributed by atoms with Crippen LogP contribution in [-0.4, -0.2) is 43.4 Å². The zero-order chi connectivity index (χ0) is 25.4. The van der Waals surface area contributed by atoms with Gasteiger partial charge >= 0.3 is 51.4 Å². The van der Waals surface area contributed by atoms with Crippen molar-refractivity contribution in [1.82, 2.24) is 19.6 Å². The van der Waals surface area contributed by atoms with E-state index in [1.807, 2.05) is 0 Å². The van der Waals surface area contributed by atoms with E-state index in [0.717, 1.165) is 38.5 Å². The molecule has 0 saturated carbocycles. The standard InChI is InChI=1S/C12H11ClF2N2O.C12H12ClFN2O2.CH4.K.H2O/c13-8-5-9-7(11(14)12(8)15)6-16-17(9)10-3-1-2-4-18-10;13-8-5-9-7(12(17)11(8)14)6-15-16(9)10-3-1-2-4-18-10;;;/h5-6,10H,1-4H2;5-6,10,17H,1-4H2;1H4;;1H2/q;;;+1;/p-1. The Bertz CT molecular complexity index is 1300. The minimum Gasteiger partial charge on any atom is -0.870 e. The quantitative estimate of drug-likeness (QED) is 0.266. The van der Waals surface area contributed by atoms with Crippen LogP contribution in [0.1, 0.15) is 58.4 Å². The minimum atomic E-state index is -1.03. The predicted molar refractivity (Wildman–Crippen MR) is 137 cm³/mol. The number of nitrogens with zero attached hydrogens (tertiary/aromatic N) is 4. The van der Waals surface area contributed by atoms with E-state index >= 15 is 0 Å². The van der Waals surface area contributed by atoms with Crippen LogP contribution in [0.25, 0.3) is 21.8 Å². The van der Waals surface area contributed by atoms with Crippen LogP contribution in [0.15, 0.2) is 24.5 Å². The summed E-state index contributed by atoms with van der Waals surface area (Å²) in [7, 11) is 0. The Labute approximate surface area is 276 Å². The van der Waals surface area contributed by atoms with Gasteiger partial charge in [0, 0.05) is 13.2 Å². The smallest absolute Gasteiger partial charge is 0.870 e. The number of hydrogen-bond donors (Lipinski definition) is 1. The second kappa shape index (κ2) is 14.8. The van der Waals surface area contributed by atoms with Gasteiger partial charge in [0.05, 0.1) is 44.2 Å². The predicted octanol–water partition coefficient (Wildman–Crippen LogP) is 4.36. The minimum absolute atomic E-state index is 0. The topological polar surface area (TPSA) is 104 Å². The van der Waals surface area contributed by atoms with Gasteiger partial charge in [-0.15, -0.1) is 0 Å². The van der Waals surface area contributed by atoms with Crippen molar-refractivity contribution in [2.24, 2.45) is 0 Å². The van der Waals surface area contributed by atoms with Crippen LogP contribution in [0, 0.1) is 17.5 Å². The number of benzene rings is 2. The summed E-state index contributed by atoms with van der Waals surface area (Å²) in [6, 6.07) is 2.86. The van der Waals surface area contributed by atoms with Gasteiger partial charge in [-0.25, -0.2) is 22.5 Å². The number of rotatable bonds is 2. The Hall–Kier alpha value is -0.934. The summed E-state index contributed by atoms with van der Waals surface area (Å²) in [4.78, 5) is 0. The molecule has 4 heterocycles. The zero-order valence-electron chi connectivity index (χ0n) is 20.5. The van der Waals surface area contributed by atoms with Crippen molar-refractivity contribution in [1.29, 1.82) is 0 Å². The summed E-state index contributed by atoms with van der Waals surface area (Å²) in [5, 5.41) is 18.1. The molecule has 0 amide bonds. The Morgan fingerprint density at radius 3 is 1.72 bits per heavy atom. The van der Waals surface area contributed by atoms with Crippen molar-refractivity contribution in [3.8, 4) is 5.75 Å². The second-order valence-electron chi connectivity index (χ2n) is 8.69. The Morgan fingerprint density at radius 2 is 1.23 bits per heavy atom. The summed E-state index contributed by atoms with van der Waals surface area (Å²) in [6.45, 7) is 1.34. The van der Waals surface area contributed by atoms with Gasteiger partial charge < -0.3 is 20.1 Å². The Balaban J connectivity index is 0.000000254. The second-order valence-corrected chi connectivity index (χ2v) is 9.51. The van der Waals surface area contributed by atoms with Crippen LogP contribution >= 0.6 is 23.2 Å². The van der Waals surface area contributed by atoms with Gasteiger partial charge in [-0.3, -0.25) is 0 Å². The molecule has 0 spiro atoms. The van der Waals surface area contributed by atoms with Crippen LogP contribution in [0.3, 0.4) is 0 Å². The number of halogens is 5. The van der Waals surface area contributed by atoms with Crippen molar-refractivity contribution >= 4 is 45.0 Å². The summed E-state index contributed by atoms with van der Waals surface area (Å²) in [5.74, 6) is -3.26. The van der Waals surface area contributed by atoms with Crippen LogP contribution < -0.4 is 51.4 Å². The molecule has 208 valence electrons. The maximum Gasteiger partial charge on any atom is 1.00 e. The molecule has 2 aliphatic heterocycles. The molecule has 39 heavy (non-hydrogen) atoms. The van der Waals surface area contributed by atoms with E-state index in [-0.39, 0.29) is 92.2 Å². The molecule has 8 nitrogen and oxygen atoms in total. The van der Waals surface area contributed by atoms with E-state index in [9.17, 15) is 18.3 Å². The molecule has 2 aromatic carbocycles. The molecule has 2 fully saturated rings. The summed E-state index contributed by atoms with van der Waals surface area (Å²) in [5.41, 5.74) is 1.05. The third-order valence-corrected chi connectivity index (χ3v) is 6.91. The van der Waals surface area contributed by atoms with Crippen LogP contribution in [0.5, 0.6) is 5.75 Å². The number of aromatic hydroxyl groups is 1. The van der Waals surface area contributed by atoms with E-state index in [1.165, 1.54) is 24.5 Å². The molecular formula is C25H28Cl2F3KN4O4. The first-order valence-corrected chi connectivity index (χ1v) is 12.4. The average Bonchev–Trinajstić information content (AvgIpc) is 3.52. The van der Waals surface area contributed by atoms with Gasteiger partial charge in [-0.2, -0.15) is 10.2 Å². The van der Waals surface area contributed by atoms with Crippen molar-refractivity contribution in [2.45, 2.75) is 58.4 Å². The molecule has 4 aromatic rings. The summed E-state index contributed by atoms with van der Waals surface area (Å²) >= 11 is 11.4. The largest absolute Gasteiger partial charge is 1.00 e. The van der Waals surface area contributed by atoms with E-state index in [0.29, 0.717) is 29.6 Å². The molecule has 2 aromatic heterocycles. The summed E-state index contributed by atoms with van der Waals surface area (Å²) in [6.07, 6.45) is 8.16. The number of hydrogen-bond acceptors (Lipinski definition) is 6. The van der Waals surface area contributed by atoms with Crippen LogP contribution in [-0.2, 0) is 9.47 Å². The zero-order valence-corrected chi connectivity index (χ0v) is 25.1. The fourth-order valence-electron chi connectivity index (χ4n) is 4.50. The Kier molecular flexibility index (Phi) is 13.0. The number of phenols is 1. The normalized spacial score (nSPS) is 18.9. The number of fused-ring (bicyclic) bond motifs is 2. The third-order valence-electron chi connectivity index (χ3n) is 6.36. The van der Waals surface area contributed by atoms with Crippen molar-refractivity contribution in [2.75, 3.05) is 13.2 Å². The maximum atomic E-state index is 13.7. The molecule has 0 bridgehead atoms. The summed E-state index contributed by atoms with van der Waals surface area (Å²) < 4.78 is 54.9. The van der Waals surface area contributed by atoms with Crippen LogP contribution in [0.2, 0.25) is 10.0 Å². The Morgan fingerprint density at radius 1 is 0.769 bits per heavy atom. The average molecular weight is 616 g/mol. The molecule has 6 rings (SSSR count). The van der Waals surface area contributed by atoms with Crippen molar-refractivity contribution < 1.29 is 84.6 Å². The van der Waals surface area contributed by atoms with E-state index < -0.39 is 23.2 Å².